The molecule has 0 saturated carbocycles. The van der Waals surface area contributed by atoms with E-state index in [4.69, 9.17) is 0 Å². The first kappa shape index (κ1) is 8.85. The molecule has 2 aromatic heterocycles. The van der Waals surface area contributed by atoms with E-state index in [1.54, 1.807) is 0 Å². The van der Waals surface area contributed by atoms with Crippen molar-refractivity contribution in [3.63, 3.8) is 0 Å². The van der Waals surface area contributed by atoms with Crippen LogP contribution in [0.1, 0.15) is 24.6 Å². The Balaban J connectivity index is 2.02. The van der Waals surface area contributed by atoms with Gasteiger partial charge in [-0.05, 0) is 38.1 Å². The van der Waals surface area contributed by atoms with Gasteiger partial charge < -0.3 is 5.32 Å². The Morgan fingerprint density at radius 2 is 2.07 bits per heavy atom. The van der Waals surface area contributed by atoms with Crippen LogP contribution in [0.2, 0.25) is 0 Å². The van der Waals surface area contributed by atoms with Crippen LogP contribution in [0.4, 0.5) is 0 Å². The lowest BCUT2D eigenvalue weighted by Gasteiger charge is -2.20. The van der Waals surface area contributed by atoms with E-state index in [1.807, 2.05) is 24.4 Å². The van der Waals surface area contributed by atoms with Crippen molar-refractivity contribution >= 4 is 5.65 Å². The molecule has 0 atom stereocenters. The summed E-state index contributed by atoms with van der Waals surface area (Å²) in [5, 5.41) is 11.9. The van der Waals surface area contributed by atoms with Gasteiger partial charge in [0, 0.05) is 12.1 Å². The molecule has 1 N–H and O–H groups in total. The Kier molecular flexibility index (Phi) is 2.14. The molecule has 0 aromatic carbocycles. The number of rotatable bonds is 1. The standard InChI is InChI=1S/C11H14N4/c1-2-8-15-10(3-1)13-14-11(15)9-4-6-12-7-5-9/h1-3,8-9,12H,4-7H2. The minimum Gasteiger partial charge on any atom is -0.317 e. The van der Waals surface area contributed by atoms with Crippen LogP contribution < -0.4 is 5.32 Å². The van der Waals surface area contributed by atoms with Crippen LogP contribution in [-0.4, -0.2) is 27.7 Å². The van der Waals surface area contributed by atoms with Crippen molar-refractivity contribution in [2.75, 3.05) is 13.1 Å². The summed E-state index contributed by atoms with van der Waals surface area (Å²) < 4.78 is 2.11. The summed E-state index contributed by atoms with van der Waals surface area (Å²) >= 11 is 0. The van der Waals surface area contributed by atoms with E-state index in [1.165, 1.54) is 0 Å². The van der Waals surface area contributed by atoms with Gasteiger partial charge in [-0.2, -0.15) is 0 Å². The van der Waals surface area contributed by atoms with Gasteiger partial charge in [0.25, 0.3) is 0 Å². The van der Waals surface area contributed by atoms with Crippen LogP contribution >= 0.6 is 0 Å². The summed E-state index contributed by atoms with van der Waals surface area (Å²) in [6, 6.07) is 6.02. The van der Waals surface area contributed by atoms with Crippen molar-refractivity contribution in [1.82, 2.24) is 19.9 Å². The van der Waals surface area contributed by atoms with Gasteiger partial charge in [-0.15, -0.1) is 10.2 Å². The van der Waals surface area contributed by atoms with Crippen LogP contribution in [0.25, 0.3) is 5.65 Å². The van der Waals surface area contributed by atoms with Gasteiger partial charge in [-0.25, -0.2) is 0 Å². The molecule has 0 aliphatic carbocycles. The summed E-state index contributed by atoms with van der Waals surface area (Å²) in [6.45, 7) is 2.18. The van der Waals surface area contributed by atoms with Crippen molar-refractivity contribution in [3.8, 4) is 0 Å². The smallest absolute Gasteiger partial charge is 0.160 e. The molecule has 78 valence electrons. The van der Waals surface area contributed by atoms with Crippen molar-refractivity contribution in [1.29, 1.82) is 0 Å². The van der Waals surface area contributed by atoms with Crippen LogP contribution in [0.3, 0.4) is 0 Å². The first-order chi connectivity index (χ1) is 7.45. The van der Waals surface area contributed by atoms with Gasteiger partial charge in [0.15, 0.2) is 5.65 Å². The van der Waals surface area contributed by atoms with E-state index < -0.39 is 0 Å². The van der Waals surface area contributed by atoms with Gasteiger partial charge in [0.05, 0.1) is 0 Å². The molecule has 0 radical (unpaired) electrons. The molecule has 3 rings (SSSR count). The molecular weight excluding hydrogens is 188 g/mol. The summed E-state index contributed by atoms with van der Waals surface area (Å²) in [7, 11) is 0. The largest absolute Gasteiger partial charge is 0.317 e. The molecule has 2 aromatic rings. The van der Waals surface area contributed by atoms with Crippen LogP contribution in [0, 0.1) is 0 Å². The Morgan fingerprint density at radius 1 is 1.20 bits per heavy atom. The quantitative estimate of drug-likeness (QED) is 0.755. The van der Waals surface area contributed by atoms with Crippen LogP contribution in [0.15, 0.2) is 24.4 Å². The monoisotopic (exact) mass is 202 g/mol. The third kappa shape index (κ3) is 1.51. The lowest BCUT2D eigenvalue weighted by atomic mass is 9.97. The molecule has 1 fully saturated rings. The number of piperidine rings is 1. The number of hydrogen-bond donors (Lipinski definition) is 1. The minimum absolute atomic E-state index is 0.559. The number of aromatic nitrogens is 3. The average Bonchev–Trinajstić information content (AvgIpc) is 2.74. The Bertz CT molecular complexity index is 456. The van der Waals surface area contributed by atoms with E-state index in [2.05, 4.69) is 19.9 Å². The Labute approximate surface area is 88.3 Å². The third-order valence-corrected chi connectivity index (χ3v) is 3.04. The summed E-state index contributed by atoms with van der Waals surface area (Å²) in [6.07, 6.45) is 4.37. The summed E-state index contributed by atoms with van der Waals surface area (Å²) in [4.78, 5) is 0. The molecule has 4 nitrogen and oxygen atoms in total. The molecule has 1 aliphatic heterocycles. The summed E-state index contributed by atoms with van der Waals surface area (Å²) in [5.41, 5.74) is 0.950. The van der Waals surface area contributed by atoms with Crippen LogP contribution in [-0.2, 0) is 0 Å². The van der Waals surface area contributed by atoms with Gasteiger partial charge >= 0.3 is 0 Å². The number of fused-ring (bicyclic) bond motifs is 1. The Hall–Kier alpha value is -1.42. The molecule has 0 bridgehead atoms. The van der Waals surface area contributed by atoms with Gasteiger partial charge in [0.2, 0.25) is 0 Å². The first-order valence-corrected chi connectivity index (χ1v) is 5.45. The van der Waals surface area contributed by atoms with E-state index in [9.17, 15) is 0 Å². The lowest BCUT2D eigenvalue weighted by molar-refractivity contribution is 0.442. The van der Waals surface area contributed by atoms with Gasteiger partial charge in [-0.3, -0.25) is 4.40 Å². The second-order valence-corrected chi connectivity index (χ2v) is 4.01. The highest BCUT2D eigenvalue weighted by Crippen LogP contribution is 2.23. The van der Waals surface area contributed by atoms with Crippen molar-refractivity contribution in [3.05, 3.63) is 30.2 Å². The zero-order valence-corrected chi connectivity index (χ0v) is 8.56. The highest BCUT2D eigenvalue weighted by molar-refractivity contribution is 5.37. The maximum Gasteiger partial charge on any atom is 0.160 e. The average molecular weight is 202 g/mol. The maximum absolute atomic E-state index is 4.30. The molecular formula is C11H14N4. The number of nitrogens with zero attached hydrogens (tertiary/aromatic N) is 3. The van der Waals surface area contributed by atoms with E-state index >= 15 is 0 Å². The Morgan fingerprint density at radius 3 is 2.93 bits per heavy atom. The number of nitrogens with one attached hydrogen (secondary N) is 1. The van der Waals surface area contributed by atoms with Crippen molar-refractivity contribution < 1.29 is 0 Å². The van der Waals surface area contributed by atoms with Gasteiger partial charge in [-0.1, -0.05) is 6.07 Å². The zero-order chi connectivity index (χ0) is 10.1. The highest BCUT2D eigenvalue weighted by Gasteiger charge is 2.19. The fraction of sp³-hybridized carbons (Fsp3) is 0.455. The minimum atomic E-state index is 0.559. The molecule has 1 aliphatic rings. The maximum atomic E-state index is 4.30. The lowest BCUT2D eigenvalue weighted by Crippen LogP contribution is -2.27. The molecule has 0 amide bonds. The van der Waals surface area contributed by atoms with Crippen LogP contribution in [0.5, 0.6) is 0 Å². The summed E-state index contributed by atoms with van der Waals surface area (Å²) in [5.74, 6) is 1.68. The number of pyridine rings is 1. The molecule has 0 unspecified atom stereocenters. The van der Waals surface area contributed by atoms with E-state index in [0.717, 1.165) is 37.4 Å². The van der Waals surface area contributed by atoms with Gasteiger partial charge in [0.1, 0.15) is 5.82 Å². The fourth-order valence-corrected chi connectivity index (χ4v) is 2.22. The molecule has 15 heavy (non-hydrogen) atoms. The number of hydrogen-bond acceptors (Lipinski definition) is 3. The van der Waals surface area contributed by atoms with E-state index in [-0.39, 0.29) is 0 Å². The first-order valence-electron chi connectivity index (χ1n) is 5.45. The highest BCUT2D eigenvalue weighted by atomic mass is 15.2. The fourth-order valence-electron chi connectivity index (χ4n) is 2.22. The predicted molar refractivity (Wildman–Crippen MR) is 57.8 cm³/mol. The van der Waals surface area contributed by atoms with Crippen molar-refractivity contribution in [2.24, 2.45) is 0 Å². The molecule has 3 heterocycles. The zero-order valence-electron chi connectivity index (χ0n) is 8.56. The molecule has 1 saturated heterocycles. The second kappa shape index (κ2) is 3.62. The molecule has 0 spiro atoms. The van der Waals surface area contributed by atoms with Crippen molar-refractivity contribution in [2.45, 2.75) is 18.8 Å². The normalized spacial score (nSPS) is 18.4. The SMILES string of the molecule is c1ccn2c(C3CCNCC3)nnc2c1. The van der Waals surface area contributed by atoms with E-state index in [0.29, 0.717) is 5.92 Å². The second-order valence-electron chi connectivity index (χ2n) is 4.01. The topological polar surface area (TPSA) is 42.2 Å². The predicted octanol–water partition coefficient (Wildman–Crippen LogP) is 1.20. The third-order valence-electron chi connectivity index (χ3n) is 3.04. The molecule has 4 heteroatoms.